The Morgan fingerprint density at radius 3 is 2.97 bits per heavy atom. The summed E-state index contributed by atoms with van der Waals surface area (Å²) < 4.78 is 62.6. The van der Waals surface area contributed by atoms with Crippen LogP contribution < -0.4 is 15.0 Å². The molecule has 0 saturated carbocycles. The molecule has 1 aromatic heterocycles. The predicted octanol–water partition coefficient (Wildman–Crippen LogP) is 1.56. The lowest BCUT2D eigenvalue weighted by molar-refractivity contribution is -0.205. The number of phosphoric acid groups is 1. The van der Waals surface area contributed by atoms with Gasteiger partial charge in [-0.1, -0.05) is 24.4 Å². The molecule has 168 valence electrons. The monoisotopic (exact) mass is 477 g/mol. The molecule has 3 heterocycles. The highest BCUT2D eigenvalue weighted by molar-refractivity contribution is 7.71. The average molecular weight is 477 g/mol. The van der Waals surface area contributed by atoms with Gasteiger partial charge < -0.3 is 24.2 Å². The molecule has 2 aliphatic heterocycles. The number of methoxy groups -OCH3 is 1. The number of ether oxygens (including phenoxy) is 2. The van der Waals surface area contributed by atoms with Gasteiger partial charge in [0, 0.05) is 11.8 Å². The summed E-state index contributed by atoms with van der Waals surface area (Å²) in [6.07, 6.45) is -6.37. The molecule has 2 aromatic rings. The number of hydrogen-bond acceptors (Lipinski definition) is 10. The summed E-state index contributed by atoms with van der Waals surface area (Å²) in [5, 5.41) is 20.5. The van der Waals surface area contributed by atoms with E-state index in [1.54, 1.807) is 18.2 Å². The molecule has 14 heteroatoms. The van der Waals surface area contributed by atoms with Gasteiger partial charge in [0.2, 0.25) is 0 Å². The van der Waals surface area contributed by atoms with Crippen LogP contribution in [0.25, 0.3) is 0 Å². The van der Waals surface area contributed by atoms with E-state index in [0.717, 1.165) is 6.20 Å². The molecular formula is C17H18FN2O9PS. The number of aliphatic hydroxyl groups excluding tert-OH is 2. The third kappa shape index (κ3) is 4.05. The van der Waals surface area contributed by atoms with Crippen molar-refractivity contribution in [2.75, 3.05) is 13.7 Å². The van der Waals surface area contributed by atoms with Gasteiger partial charge >= 0.3 is 13.5 Å². The average Bonchev–Trinajstić information content (AvgIpc) is 2.93. The largest absolute Gasteiger partial charge is 0.530 e. The maximum Gasteiger partial charge on any atom is 0.530 e. The summed E-state index contributed by atoms with van der Waals surface area (Å²) >= 11 is 4.80. The number of aromatic amines is 1. The molecule has 4 rings (SSSR count). The number of fused-ring (bicyclic) bond motifs is 1. The lowest BCUT2D eigenvalue weighted by Gasteiger charge is -2.28. The Bertz CT molecular complexity index is 1200. The second-order valence-corrected chi connectivity index (χ2v) is 8.66. The van der Waals surface area contributed by atoms with Crippen molar-refractivity contribution in [1.82, 2.24) is 9.55 Å². The van der Waals surface area contributed by atoms with Crippen molar-refractivity contribution in [3.05, 3.63) is 51.2 Å². The molecular weight excluding hydrogens is 458 g/mol. The fraction of sp³-hybridized carbons (Fsp3) is 0.412. The quantitative estimate of drug-likeness (QED) is 0.429. The van der Waals surface area contributed by atoms with Crippen LogP contribution in [0, 0.1) is 4.64 Å². The number of H-pyrrole nitrogens is 1. The third-order valence-electron chi connectivity index (χ3n) is 4.61. The second-order valence-electron chi connectivity index (χ2n) is 6.63. The molecule has 1 unspecified atom stereocenters. The molecule has 0 amide bonds. The first kappa shape index (κ1) is 20.8. The minimum absolute atomic E-state index is 0.0260. The van der Waals surface area contributed by atoms with Crippen molar-refractivity contribution in [2.24, 2.45) is 0 Å². The Morgan fingerprint density at radius 2 is 2.26 bits per heavy atom. The lowest BCUT2D eigenvalue weighted by Crippen LogP contribution is -2.43. The number of halogens is 1. The Labute approximate surface area is 180 Å². The highest BCUT2D eigenvalue weighted by atomic mass is 32.1. The molecule has 11 nitrogen and oxygen atoms in total. The molecule has 0 radical (unpaired) electrons. The van der Waals surface area contributed by atoms with E-state index in [-0.39, 0.29) is 22.7 Å². The number of alkyl halides is 1. The topological polar surface area (TPSA) is 141 Å². The number of nitrogens with one attached hydrogen (secondary N) is 1. The number of aromatic nitrogens is 2. The van der Waals surface area contributed by atoms with E-state index in [2.05, 4.69) is 4.98 Å². The first-order chi connectivity index (χ1) is 15.0. The zero-order valence-corrected chi connectivity index (χ0v) is 17.6. The number of para-hydroxylation sites is 1. The Balaban J connectivity index is 1.56. The summed E-state index contributed by atoms with van der Waals surface area (Å²) in [5.74, 6) is -2.94. The van der Waals surface area contributed by atoms with Crippen molar-refractivity contribution in [1.29, 1.82) is 0 Å². The summed E-state index contributed by atoms with van der Waals surface area (Å²) in [4.78, 5) is 14.3. The zero-order valence-electron chi connectivity index (χ0n) is 16.9. The van der Waals surface area contributed by atoms with E-state index in [4.69, 9.17) is 36.6 Å². The fourth-order valence-corrected chi connectivity index (χ4v) is 4.41. The minimum atomic E-state index is -4.40. The summed E-state index contributed by atoms with van der Waals surface area (Å²) in [6.45, 7) is -1.46. The molecule has 3 N–H and O–H groups in total. The van der Waals surface area contributed by atoms with Crippen LogP contribution in [0.5, 0.6) is 11.5 Å². The van der Waals surface area contributed by atoms with E-state index >= 15 is 4.39 Å². The standard InChI is InChI=1S/C17H18FN2O9PS/c1-25-10-4-2-3-9-7-26-30(24,29-13(9)10)27-8-17(18)14(22)12(21)15(28-17)20-6-5-11(31)19-16(20)23/h2-6,12,14-15,21-22H,7-8H2,1H3,(H,19,23,31)/t12-,14+,15-,17-,30?/m1/s1/i15D. The fourth-order valence-electron chi connectivity index (χ4n) is 3.02. The van der Waals surface area contributed by atoms with Gasteiger partial charge in [0.1, 0.15) is 23.5 Å². The molecule has 31 heavy (non-hydrogen) atoms. The van der Waals surface area contributed by atoms with E-state index < -0.39 is 44.4 Å². The molecule has 0 aliphatic carbocycles. The first-order valence-corrected chi connectivity index (χ1v) is 10.7. The van der Waals surface area contributed by atoms with Gasteiger partial charge in [-0.3, -0.25) is 18.6 Å². The number of hydrogen-bond donors (Lipinski definition) is 3. The molecule has 0 bridgehead atoms. The summed E-state index contributed by atoms with van der Waals surface area (Å²) in [5.41, 5.74) is -0.479. The molecule has 2 aliphatic rings. The van der Waals surface area contributed by atoms with E-state index in [1.807, 2.05) is 0 Å². The molecule has 1 saturated heterocycles. The van der Waals surface area contributed by atoms with Crippen LogP contribution in [0.4, 0.5) is 4.39 Å². The zero-order chi connectivity index (χ0) is 23.3. The Kier molecular flexibility index (Phi) is 5.42. The maximum absolute atomic E-state index is 15.4. The van der Waals surface area contributed by atoms with Crippen molar-refractivity contribution < 1.29 is 43.6 Å². The summed E-state index contributed by atoms with van der Waals surface area (Å²) in [6, 6.07) is 6.04. The van der Waals surface area contributed by atoms with Crippen molar-refractivity contribution in [2.45, 2.75) is 30.9 Å². The van der Waals surface area contributed by atoms with Crippen LogP contribution >= 0.6 is 20.0 Å². The SMILES string of the molecule is [2H][C@@]1(n2ccc(=S)[nH]c2=O)O[C@](F)(COP2(=O)OCc3cccc(OC)c3O2)[C@@H](O)[C@H]1O. The van der Waals surface area contributed by atoms with E-state index in [0.29, 0.717) is 10.1 Å². The Hall–Kier alpha value is -2.12. The van der Waals surface area contributed by atoms with Crippen LogP contribution in [0.3, 0.4) is 0 Å². The maximum atomic E-state index is 15.4. The van der Waals surface area contributed by atoms with Gasteiger partial charge in [-0.25, -0.2) is 13.8 Å². The third-order valence-corrected chi connectivity index (χ3v) is 6.15. The van der Waals surface area contributed by atoms with E-state index in [1.165, 1.54) is 13.2 Å². The number of aliphatic hydroxyl groups is 2. The predicted molar refractivity (Wildman–Crippen MR) is 104 cm³/mol. The van der Waals surface area contributed by atoms with Crippen LogP contribution in [0.15, 0.2) is 35.3 Å². The van der Waals surface area contributed by atoms with Gasteiger partial charge in [-0.05, 0) is 12.1 Å². The lowest BCUT2D eigenvalue weighted by atomic mass is 10.1. The number of benzene rings is 1. The molecule has 5 atom stereocenters. The van der Waals surface area contributed by atoms with Crippen LogP contribution in [-0.4, -0.2) is 51.5 Å². The van der Waals surface area contributed by atoms with E-state index in [9.17, 15) is 19.6 Å². The number of rotatable bonds is 5. The molecule has 0 spiro atoms. The van der Waals surface area contributed by atoms with Gasteiger partial charge in [0.05, 0.1) is 15.1 Å². The molecule has 1 fully saturated rings. The van der Waals surface area contributed by atoms with Gasteiger partial charge in [-0.2, -0.15) is 0 Å². The Morgan fingerprint density at radius 1 is 1.48 bits per heavy atom. The van der Waals surface area contributed by atoms with Crippen molar-refractivity contribution in [3.63, 3.8) is 0 Å². The summed E-state index contributed by atoms with van der Waals surface area (Å²) in [7, 11) is -3.03. The highest BCUT2D eigenvalue weighted by Crippen LogP contribution is 2.57. The molecule has 1 aromatic carbocycles. The van der Waals surface area contributed by atoms with Crippen molar-refractivity contribution >= 4 is 20.0 Å². The number of nitrogens with zero attached hydrogens (tertiary/aromatic N) is 1. The second kappa shape index (κ2) is 8.10. The highest BCUT2D eigenvalue weighted by Gasteiger charge is 2.57. The smallest absolute Gasteiger partial charge is 0.493 e. The van der Waals surface area contributed by atoms with Crippen LogP contribution in [0.1, 0.15) is 13.1 Å². The normalized spacial score (nSPS) is 35.2. The minimum Gasteiger partial charge on any atom is -0.493 e. The van der Waals surface area contributed by atoms with Gasteiger partial charge in [0.25, 0.3) is 5.85 Å². The van der Waals surface area contributed by atoms with Crippen molar-refractivity contribution in [3.8, 4) is 11.5 Å². The first-order valence-electron chi connectivity index (χ1n) is 9.34. The van der Waals surface area contributed by atoms with Crippen LogP contribution in [-0.2, 0) is 25.0 Å². The number of phosphoric ester groups is 1. The van der Waals surface area contributed by atoms with Gasteiger partial charge in [0.15, 0.2) is 17.7 Å². The van der Waals surface area contributed by atoms with Gasteiger partial charge in [-0.15, -0.1) is 0 Å². The van der Waals surface area contributed by atoms with Crippen LogP contribution in [0.2, 0.25) is 0 Å².